The van der Waals surface area contributed by atoms with Gasteiger partial charge in [0.25, 0.3) is 5.91 Å². The van der Waals surface area contributed by atoms with E-state index < -0.39 is 0 Å². The lowest BCUT2D eigenvalue weighted by atomic mass is 10.2. The van der Waals surface area contributed by atoms with Gasteiger partial charge in [0.1, 0.15) is 5.75 Å². The molecule has 1 heterocycles. The monoisotopic (exact) mass is 473 g/mol. The fourth-order valence-corrected chi connectivity index (χ4v) is 3.32. The fourth-order valence-electron chi connectivity index (χ4n) is 3.02. The second-order valence-corrected chi connectivity index (χ2v) is 7.97. The minimum atomic E-state index is -0.327. The van der Waals surface area contributed by atoms with Crippen molar-refractivity contribution in [2.45, 2.75) is 33.4 Å². The predicted octanol–water partition coefficient (Wildman–Crippen LogP) is 5.32. The summed E-state index contributed by atoms with van der Waals surface area (Å²) in [6.45, 7) is 5.21. The number of aliphatic imine (C=N–C) groups is 1. The normalized spacial score (nSPS) is 11.3. The van der Waals surface area contributed by atoms with E-state index in [2.05, 4.69) is 27.6 Å². The minimum absolute atomic E-state index is 0.258. The van der Waals surface area contributed by atoms with E-state index in [1.807, 2.05) is 17.8 Å². The molecule has 0 atom stereocenters. The number of nitrogens with one attached hydrogen (secondary N) is 2. The molecule has 3 rings (SSSR count). The average Bonchev–Trinajstić information content (AvgIpc) is 3.12. The van der Waals surface area contributed by atoms with Gasteiger partial charge in [-0.2, -0.15) is 5.10 Å². The highest BCUT2D eigenvalue weighted by Crippen LogP contribution is 2.27. The van der Waals surface area contributed by atoms with Crippen LogP contribution in [0.4, 0.5) is 5.69 Å². The van der Waals surface area contributed by atoms with Gasteiger partial charge in [-0.3, -0.25) is 14.8 Å². The SMILES string of the molecule is CCCn1cc(CN=C(NC(=O)c2ccc(Cl)cc2)Nc2cc(Cl)ccc2OC)c(C)n1. The van der Waals surface area contributed by atoms with E-state index in [-0.39, 0.29) is 11.9 Å². The number of amides is 1. The maximum absolute atomic E-state index is 12.8. The third kappa shape index (κ3) is 6.24. The Hall–Kier alpha value is -3.03. The van der Waals surface area contributed by atoms with Gasteiger partial charge in [0, 0.05) is 33.9 Å². The van der Waals surface area contributed by atoms with Gasteiger partial charge in [-0.05, 0) is 55.8 Å². The molecule has 0 aliphatic rings. The van der Waals surface area contributed by atoms with Crippen LogP contribution in [0.1, 0.15) is 35.0 Å². The molecule has 1 aromatic heterocycles. The van der Waals surface area contributed by atoms with Crippen molar-refractivity contribution < 1.29 is 9.53 Å². The smallest absolute Gasteiger partial charge is 0.257 e. The topological polar surface area (TPSA) is 80.5 Å². The summed E-state index contributed by atoms with van der Waals surface area (Å²) in [7, 11) is 1.56. The molecule has 0 aliphatic carbocycles. The summed E-state index contributed by atoms with van der Waals surface area (Å²) in [6.07, 6.45) is 2.96. The average molecular weight is 474 g/mol. The molecule has 7 nitrogen and oxygen atoms in total. The number of aryl methyl sites for hydroxylation is 2. The number of ether oxygens (including phenoxy) is 1. The molecule has 0 fully saturated rings. The summed E-state index contributed by atoms with van der Waals surface area (Å²) in [4.78, 5) is 17.4. The maximum Gasteiger partial charge on any atom is 0.257 e. The number of hydrogen-bond acceptors (Lipinski definition) is 4. The first kappa shape index (κ1) is 23.6. The number of carbonyl (C=O) groups is 1. The Labute approximate surface area is 197 Å². The van der Waals surface area contributed by atoms with Crippen LogP contribution in [0.3, 0.4) is 0 Å². The van der Waals surface area contributed by atoms with Crippen molar-refractivity contribution in [3.05, 3.63) is 75.5 Å². The van der Waals surface area contributed by atoms with E-state index in [1.165, 1.54) is 0 Å². The van der Waals surface area contributed by atoms with Crippen LogP contribution in [0.5, 0.6) is 5.75 Å². The molecule has 168 valence electrons. The molecule has 1 amide bonds. The molecule has 9 heteroatoms. The zero-order chi connectivity index (χ0) is 23.1. The van der Waals surface area contributed by atoms with E-state index >= 15 is 0 Å². The summed E-state index contributed by atoms with van der Waals surface area (Å²) < 4.78 is 7.30. The van der Waals surface area contributed by atoms with Gasteiger partial charge in [-0.1, -0.05) is 30.1 Å². The summed E-state index contributed by atoms with van der Waals surface area (Å²) in [5.74, 6) is 0.496. The Morgan fingerprint density at radius 3 is 2.56 bits per heavy atom. The second-order valence-electron chi connectivity index (χ2n) is 7.10. The van der Waals surface area contributed by atoms with E-state index in [4.69, 9.17) is 27.9 Å². The molecule has 0 aliphatic heterocycles. The van der Waals surface area contributed by atoms with Crippen LogP contribution in [0.25, 0.3) is 0 Å². The Bertz CT molecular complexity index is 1110. The number of anilines is 1. The first-order valence-electron chi connectivity index (χ1n) is 10.1. The maximum atomic E-state index is 12.8. The Morgan fingerprint density at radius 1 is 1.16 bits per heavy atom. The standard InChI is InChI=1S/C23H25Cl2N5O2/c1-4-11-30-14-17(15(2)29-30)13-26-23(27-20-12-19(25)9-10-21(20)32-3)28-22(31)16-5-7-18(24)8-6-16/h5-10,12,14H,4,11,13H2,1-3H3,(H2,26,27,28,31). The molecule has 3 aromatic rings. The van der Waals surface area contributed by atoms with Gasteiger partial charge in [0.15, 0.2) is 0 Å². The van der Waals surface area contributed by atoms with Crippen molar-refractivity contribution in [3.63, 3.8) is 0 Å². The number of hydrogen-bond donors (Lipinski definition) is 2. The highest BCUT2D eigenvalue weighted by atomic mass is 35.5. The Morgan fingerprint density at radius 2 is 1.88 bits per heavy atom. The van der Waals surface area contributed by atoms with Crippen LogP contribution in [-0.4, -0.2) is 28.8 Å². The lowest BCUT2D eigenvalue weighted by molar-refractivity contribution is 0.0977. The van der Waals surface area contributed by atoms with E-state index in [0.29, 0.717) is 33.6 Å². The van der Waals surface area contributed by atoms with E-state index in [9.17, 15) is 4.79 Å². The van der Waals surface area contributed by atoms with Crippen molar-refractivity contribution in [1.82, 2.24) is 15.1 Å². The number of halogens is 2. The van der Waals surface area contributed by atoms with Crippen molar-refractivity contribution in [2.24, 2.45) is 4.99 Å². The lowest BCUT2D eigenvalue weighted by Crippen LogP contribution is -2.36. The second kappa shape index (κ2) is 11.0. The first-order chi connectivity index (χ1) is 15.4. The number of aromatic nitrogens is 2. The van der Waals surface area contributed by atoms with Gasteiger partial charge >= 0.3 is 0 Å². The van der Waals surface area contributed by atoms with Crippen molar-refractivity contribution >= 4 is 40.8 Å². The number of rotatable bonds is 7. The highest BCUT2D eigenvalue weighted by Gasteiger charge is 2.13. The molecule has 2 N–H and O–H groups in total. The Balaban J connectivity index is 1.88. The molecule has 0 bridgehead atoms. The third-order valence-electron chi connectivity index (χ3n) is 4.66. The molecule has 0 unspecified atom stereocenters. The van der Waals surface area contributed by atoms with Crippen molar-refractivity contribution in [1.29, 1.82) is 0 Å². The van der Waals surface area contributed by atoms with Crippen molar-refractivity contribution in [3.8, 4) is 5.75 Å². The summed E-state index contributed by atoms with van der Waals surface area (Å²) in [5, 5.41) is 11.5. The molecular weight excluding hydrogens is 449 g/mol. The molecule has 32 heavy (non-hydrogen) atoms. The molecule has 2 aromatic carbocycles. The number of guanidine groups is 1. The first-order valence-corrected chi connectivity index (χ1v) is 10.9. The number of benzene rings is 2. The molecule has 0 radical (unpaired) electrons. The number of methoxy groups -OCH3 is 1. The van der Waals surface area contributed by atoms with Crippen LogP contribution in [0.2, 0.25) is 10.0 Å². The van der Waals surface area contributed by atoms with E-state index in [1.54, 1.807) is 49.6 Å². The fraction of sp³-hybridized carbons (Fsp3) is 0.261. The zero-order valence-electron chi connectivity index (χ0n) is 18.2. The Kier molecular flexibility index (Phi) is 8.14. The third-order valence-corrected chi connectivity index (χ3v) is 5.15. The minimum Gasteiger partial charge on any atom is -0.495 e. The summed E-state index contributed by atoms with van der Waals surface area (Å²) in [6, 6.07) is 11.8. The van der Waals surface area contributed by atoms with Crippen LogP contribution >= 0.6 is 23.2 Å². The van der Waals surface area contributed by atoms with Gasteiger partial charge in [-0.15, -0.1) is 0 Å². The van der Waals surface area contributed by atoms with Gasteiger partial charge < -0.3 is 10.1 Å². The largest absolute Gasteiger partial charge is 0.495 e. The number of nitrogens with zero attached hydrogens (tertiary/aromatic N) is 3. The van der Waals surface area contributed by atoms with Crippen LogP contribution in [-0.2, 0) is 13.1 Å². The summed E-state index contributed by atoms with van der Waals surface area (Å²) >= 11 is 12.1. The molecular formula is C23H25Cl2N5O2. The van der Waals surface area contributed by atoms with Crippen LogP contribution in [0, 0.1) is 6.92 Å². The van der Waals surface area contributed by atoms with Crippen molar-refractivity contribution in [2.75, 3.05) is 12.4 Å². The quantitative estimate of drug-likeness (QED) is 0.359. The van der Waals surface area contributed by atoms with Crippen LogP contribution in [0.15, 0.2) is 53.7 Å². The molecule has 0 saturated carbocycles. The van der Waals surface area contributed by atoms with E-state index in [0.717, 1.165) is 24.2 Å². The zero-order valence-corrected chi connectivity index (χ0v) is 19.7. The molecule has 0 spiro atoms. The van der Waals surface area contributed by atoms with Gasteiger partial charge in [0.05, 0.1) is 25.0 Å². The summed E-state index contributed by atoms with van der Waals surface area (Å²) in [5.41, 5.74) is 2.89. The predicted molar refractivity (Wildman–Crippen MR) is 129 cm³/mol. The lowest BCUT2D eigenvalue weighted by Gasteiger charge is -2.15. The highest BCUT2D eigenvalue weighted by molar-refractivity contribution is 6.31. The van der Waals surface area contributed by atoms with Gasteiger partial charge in [-0.25, -0.2) is 4.99 Å². The number of carbonyl (C=O) groups excluding carboxylic acids is 1. The van der Waals surface area contributed by atoms with Gasteiger partial charge in [0.2, 0.25) is 5.96 Å². The molecule has 0 saturated heterocycles. The van der Waals surface area contributed by atoms with Crippen LogP contribution < -0.4 is 15.4 Å².